The number of rotatable bonds is 1. The van der Waals surface area contributed by atoms with Crippen LogP contribution in [-0.2, 0) is 26.1 Å². The number of carbonyl (C=O) groups is 2. The van der Waals surface area contributed by atoms with Crippen LogP contribution in [0.3, 0.4) is 0 Å². The van der Waals surface area contributed by atoms with Gasteiger partial charge in [0.2, 0.25) is 0 Å². The third-order valence-electron chi connectivity index (χ3n) is 8.53. The van der Waals surface area contributed by atoms with Crippen LogP contribution in [0.1, 0.15) is 78.4 Å². The van der Waals surface area contributed by atoms with Crippen molar-refractivity contribution < 1.29 is 29.3 Å². The molecule has 2 aliphatic heterocycles. The molecule has 0 aliphatic carbocycles. The van der Waals surface area contributed by atoms with E-state index in [0.717, 1.165) is 35.9 Å². The Morgan fingerprint density at radius 3 is 2.58 bits per heavy atom. The highest BCUT2D eigenvalue weighted by molar-refractivity contribution is 5.88. The number of benzene rings is 1. The van der Waals surface area contributed by atoms with E-state index in [1.54, 1.807) is 27.1 Å². The van der Waals surface area contributed by atoms with Gasteiger partial charge >= 0.3 is 5.97 Å². The number of Topliss-reactive ketones (excluding diaryl/α,β-unsaturated/α-hetero) is 1. The zero-order valence-electron chi connectivity index (χ0n) is 22.2. The molecule has 36 heavy (non-hydrogen) atoms. The summed E-state index contributed by atoms with van der Waals surface area (Å²) < 4.78 is 13.9. The number of ether oxygens (including phenoxy) is 2. The summed E-state index contributed by atoms with van der Waals surface area (Å²) in [5.74, 6) is -1.57. The summed E-state index contributed by atoms with van der Waals surface area (Å²) >= 11 is 0. The molecule has 1 unspecified atom stereocenters. The summed E-state index contributed by atoms with van der Waals surface area (Å²) in [6.45, 7) is 8.97. The Bertz CT molecular complexity index is 1130. The average Bonchev–Trinajstić information content (AvgIpc) is 3.31. The smallest absolute Gasteiger partial charge is 0.309 e. The van der Waals surface area contributed by atoms with E-state index in [2.05, 4.69) is 11.9 Å². The summed E-state index contributed by atoms with van der Waals surface area (Å²) in [5, 5.41) is 21.8. The molecule has 0 amide bonds. The number of esters is 1. The minimum Gasteiger partial charge on any atom is -0.457 e. The normalized spacial score (nSPS) is 36.3. The van der Waals surface area contributed by atoms with E-state index in [-0.39, 0.29) is 29.8 Å². The fraction of sp³-hybridized carbons (Fsp3) is 0.679. The van der Waals surface area contributed by atoms with Crippen molar-refractivity contribution in [2.45, 2.75) is 96.7 Å². The quantitative estimate of drug-likeness (QED) is 0.451. The van der Waals surface area contributed by atoms with Gasteiger partial charge in [-0.1, -0.05) is 40.2 Å². The van der Waals surface area contributed by atoms with Gasteiger partial charge in [0.1, 0.15) is 11.9 Å². The molecule has 4 rings (SSSR count). The van der Waals surface area contributed by atoms with E-state index in [0.29, 0.717) is 6.42 Å². The van der Waals surface area contributed by atoms with Gasteiger partial charge in [0.15, 0.2) is 0 Å². The molecular formula is C28H40N2O6. The highest BCUT2D eigenvalue weighted by Gasteiger charge is 2.53. The number of aliphatic hydroxyl groups is 2. The summed E-state index contributed by atoms with van der Waals surface area (Å²) in [5.41, 5.74) is 1.09. The molecule has 2 saturated heterocycles. The van der Waals surface area contributed by atoms with Crippen molar-refractivity contribution in [1.29, 1.82) is 0 Å². The fourth-order valence-corrected chi connectivity index (χ4v) is 5.57. The lowest BCUT2D eigenvalue weighted by atomic mass is 9.73. The van der Waals surface area contributed by atoms with Crippen LogP contribution in [0.2, 0.25) is 0 Å². The zero-order chi connectivity index (χ0) is 26.4. The predicted molar refractivity (Wildman–Crippen MR) is 135 cm³/mol. The Balaban J connectivity index is 1.62. The highest BCUT2D eigenvalue weighted by atomic mass is 16.6. The molecule has 0 radical (unpaired) electrons. The maximum atomic E-state index is 13.3. The van der Waals surface area contributed by atoms with Crippen LogP contribution < -0.4 is 0 Å². The minimum atomic E-state index is -1.24. The lowest BCUT2D eigenvalue weighted by Gasteiger charge is -2.34. The van der Waals surface area contributed by atoms with E-state index < -0.39 is 35.6 Å². The van der Waals surface area contributed by atoms with Crippen LogP contribution in [-0.4, -0.2) is 55.4 Å². The Morgan fingerprint density at radius 2 is 1.86 bits per heavy atom. The molecule has 8 heteroatoms. The molecule has 7 atom stereocenters. The van der Waals surface area contributed by atoms with Crippen molar-refractivity contribution in [1.82, 2.24) is 9.55 Å². The molecule has 2 fully saturated rings. The first-order valence-corrected chi connectivity index (χ1v) is 13.0. The molecule has 198 valence electrons. The number of hydrogen-bond acceptors (Lipinski definition) is 7. The van der Waals surface area contributed by atoms with E-state index >= 15 is 0 Å². The van der Waals surface area contributed by atoms with Crippen molar-refractivity contribution >= 4 is 22.8 Å². The molecule has 2 aromatic rings. The van der Waals surface area contributed by atoms with Gasteiger partial charge in [-0.05, 0) is 43.4 Å². The number of ketones is 1. The first-order valence-electron chi connectivity index (χ1n) is 13.0. The van der Waals surface area contributed by atoms with Crippen molar-refractivity contribution in [3.8, 4) is 0 Å². The summed E-state index contributed by atoms with van der Waals surface area (Å²) in [4.78, 5) is 30.7. The lowest BCUT2D eigenvalue weighted by Crippen LogP contribution is -2.45. The lowest BCUT2D eigenvalue weighted by molar-refractivity contribution is -0.156. The van der Waals surface area contributed by atoms with E-state index in [1.807, 2.05) is 36.7 Å². The number of aryl methyl sites for hydroxylation is 1. The van der Waals surface area contributed by atoms with E-state index in [1.165, 1.54) is 0 Å². The SMILES string of the molecule is C[C@H]1CCC[C@@]2(C)O[C@H]2C[C@@H](c2ccc3c(c2)ncn3C)OC(=O)C[C@H](O)C(C)(C)C(=O)[C@H](C)C1O. The van der Waals surface area contributed by atoms with Crippen LogP contribution >= 0.6 is 0 Å². The molecule has 0 spiro atoms. The third-order valence-corrected chi connectivity index (χ3v) is 8.53. The molecule has 2 N–H and O–H groups in total. The number of aliphatic hydroxyl groups excluding tert-OH is 2. The maximum Gasteiger partial charge on any atom is 0.309 e. The topological polar surface area (TPSA) is 114 Å². The maximum absolute atomic E-state index is 13.3. The van der Waals surface area contributed by atoms with Crippen LogP contribution in [0.15, 0.2) is 24.5 Å². The van der Waals surface area contributed by atoms with Crippen LogP contribution in [0.5, 0.6) is 0 Å². The van der Waals surface area contributed by atoms with Gasteiger partial charge in [0.25, 0.3) is 0 Å². The number of nitrogens with zero attached hydrogens (tertiary/aromatic N) is 2. The summed E-state index contributed by atoms with van der Waals surface area (Å²) in [7, 11) is 1.93. The van der Waals surface area contributed by atoms with Gasteiger partial charge in [-0.3, -0.25) is 9.59 Å². The van der Waals surface area contributed by atoms with Gasteiger partial charge in [0.05, 0.1) is 53.1 Å². The first-order chi connectivity index (χ1) is 16.8. The first kappa shape index (κ1) is 26.8. The molecule has 0 bridgehead atoms. The average molecular weight is 501 g/mol. The molecule has 8 nitrogen and oxygen atoms in total. The second-order valence-corrected chi connectivity index (χ2v) is 11.7. The van der Waals surface area contributed by atoms with Crippen molar-refractivity contribution in [3.05, 3.63) is 30.1 Å². The number of imidazole rings is 1. The Morgan fingerprint density at radius 1 is 1.14 bits per heavy atom. The molecular weight excluding hydrogens is 460 g/mol. The standard InChI is InChI=1S/C28H40N2O6/c1-16-8-7-11-28(5)23(36-28)13-21(18-9-10-20-19(12-18)29-15-30(20)6)35-24(32)14-22(31)27(3,4)26(34)17(2)25(16)33/h9-10,12,15-17,21-23,25,31,33H,7-8,11,13-14H2,1-6H3/t16-,17+,21-,22-,23-,25?,28+/m0/s1. The molecule has 3 heterocycles. The van der Waals surface area contributed by atoms with Gasteiger partial charge < -0.3 is 24.3 Å². The van der Waals surface area contributed by atoms with E-state index in [9.17, 15) is 19.8 Å². The monoisotopic (exact) mass is 500 g/mol. The van der Waals surface area contributed by atoms with Gasteiger partial charge in [-0.2, -0.15) is 0 Å². The number of cyclic esters (lactones) is 1. The Kier molecular flexibility index (Phi) is 7.34. The zero-order valence-corrected chi connectivity index (χ0v) is 22.2. The number of epoxide rings is 1. The second-order valence-electron chi connectivity index (χ2n) is 11.7. The molecule has 1 aromatic heterocycles. The summed E-state index contributed by atoms with van der Waals surface area (Å²) in [6, 6.07) is 5.83. The number of hydrogen-bond donors (Lipinski definition) is 2. The van der Waals surface area contributed by atoms with Crippen LogP contribution in [0.25, 0.3) is 11.0 Å². The predicted octanol–water partition coefficient (Wildman–Crippen LogP) is 3.87. The Hall–Kier alpha value is -2.29. The highest BCUT2D eigenvalue weighted by Crippen LogP contribution is 2.46. The Labute approximate surface area is 213 Å². The fourth-order valence-electron chi connectivity index (χ4n) is 5.57. The van der Waals surface area contributed by atoms with Crippen LogP contribution in [0, 0.1) is 17.3 Å². The molecule has 0 saturated carbocycles. The largest absolute Gasteiger partial charge is 0.457 e. The van der Waals surface area contributed by atoms with E-state index in [4.69, 9.17) is 9.47 Å². The summed E-state index contributed by atoms with van der Waals surface area (Å²) in [6.07, 6.45) is 1.67. The van der Waals surface area contributed by atoms with Gasteiger partial charge in [-0.25, -0.2) is 4.98 Å². The van der Waals surface area contributed by atoms with Crippen LogP contribution in [0.4, 0.5) is 0 Å². The second kappa shape index (κ2) is 9.88. The molecule has 1 aromatic carbocycles. The minimum absolute atomic E-state index is 0.0651. The number of carbonyl (C=O) groups excluding carboxylic acids is 2. The van der Waals surface area contributed by atoms with Crippen molar-refractivity contribution in [2.24, 2.45) is 24.3 Å². The van der Waals surface area contributed by atoms with Crippen molar-refractivity contribution in [3.63, 3.8) is 0 Å². The van der Waals surface area contributed by atoms with Crippen molar-refractivity contribution in [2.75, 3.05) is 0 Å². The molecule has 2 aliphatic rings. The number of aromatic nitrogens is 2. The van der Waals surface area contributed by atoms with Gasteiger partial charge in [0, 0.05) is 19.4 Å². The number of fused-ring (bicyclic) bond motifs is 2. The van der Waals surface area contributed by atoms with Gasteiger partial charge in [-0.15, -0.1) is 0 Å². The third kappa shape index (κ3) is 5.22.